The summed E-state index contributed by atoms with van der Waals surface area (Å²) in [5, 5.41) is 2.57. The number of amides is 3. The number of fused-ring (bicyclic) bond motifs is 1. The number of benzene rings is 2. The van der Waals surface area contributed by atoms with E-state index in [1.165, 1.54) is 18.2 Å². The average Bonchev–Trinajstić information content (AvgIpc) is 3.22. The largest absolute Gasteiger partial charge is 0.369 e. The van der Waals surface area contributed by atoms with Gasteiger partial charge in [0, 0.05) is 17.9 Å². The summed E-state index contributed by atoms with van der Waals surface area (Å²) >= 11 is 0. The smallest absolute Gasteiger partial charge is 0.239 e. The first-order valence-corrected chi connectivity index (χ1v) is 10.1. The number of nitrogens with two attached hydrogens (primary N) is 1. The molecule has 1 unspecified atom stereocenters. The molecule has 3 amide bonds. The minimum absolute atomic E-state index is 0.103. The molecule has 1 saturated carbocycles. The van der Waals surface area contributed by atoms with Gasteiger partial charge in [-0.2, -0.15) is 0 Å². The molecule has 1 atom stereocenters. The van der Waals surface area contributed by atoms with Crippen molar-refractivity contribution in [2.45, 2.75) is 31.6 Å². The number of carbonyl (C=O) groups is 3. The summed E-state index contributed by atoms with van der Waals surface area (Å²) in [7, 11) is 0. The van der Waals surface area contributed by atoms with Gasteiger partial charge in [0.15, 0.2) is 0 Å². The molecule has 1 saturated heterocycles. The Bertz CT molecular complexity index is 1220. The molecule has 2 heterocycles. The number of nitrogens with one attached hydrogen (secondary N) is 2. The fourth-order valence-corrected chi connectivity index (χ4v) is 3.99. The molecule has 4 N–H and O–H groups in total. The lowest BCUT2D eigenvalue weighted by Gasteiger charge is -2.26. The van der Waals surface area contributed by atoms with Gasteiger partial charge in [0.1, 0.15) is 23.4 Å². The summed E-state index contributed by atoms with van der Waals surface area (Å²) in [6.45, 7) is 0. The van der Waals surface area contributed by atoms with Crippen molar-refractivity contribution < 1.29 is 27.6 Å². The number of halogens is 3. The summed E-state index contributed by atoms with van der Waals surface area (Å²) in [5.74, 6) is -3.90. The van der Waals surface area contributed by atoms with Gasteiger partial charge in [0.05, 0.1) is 11.2 Å². The van der Waals surface area contributed by atoms with Crippen molar-refractivity contribution in [3.8, 4) is 11.3 Å². The van der Waals surface area contributed by atoms with E-state index in [-0.39, 0.29) is 12.2 Å². The number of aromatic nitrogens is 1. The van der Waals surface area contributed by atoms with Crippen LogP contribution in [0.15, 0.2) is 36.4 Å². The topological polar surface area (TPSA) is 105 Å². The van der Waals surface area contributed by atoms with Crippen molar-refractivity contribution in [2.24, 2.45) is 11.7 Å². The number of carbonyl (C=O) groups excluding carboxylic acids is 3. The maximum atomic E-state index is 14.1. The second-order valence-corrected chi connectivity index (χ2v) is 7.93. The highest BCUT2D eigenvalue weighted by atomic mass is 19.1. The van der Waals surface area contributed by atoms with Crippen LogP contribution in [-0.2, 0) is 14.4 Å². The third-order valence-corrected chi connectivity index (χ3v) is 5.82. The van der Waals surface area contributed by atoms with E-state index in [4.69, 9.17) is 5.73 Å². The maximum Gasteiger partial charge on any atom is 0.239 e. The monoisotopic (exact) mass is 443 g/mol. The second-order valence-electron chi connectivity index (χ2n) is 7.93. The summed E-state index contributed by atoms with van der Waals surface area (Å²) in [6, 6.07) is 8.35. The van der Waals surface area contributed by atoms with E-state index >= 15 is 0 Å². The van der Waals surface area contributed by atoms with Gasteiger partial charge in [0.25, 0.3) is 0 Å². The average molecular weight is 443 g/mol. The zero-order valence-electron chi connectivity index (χ0n) is 16.9. The summed E-state index contributed by atoms with van der Waals surface area (Å²) in [4.78, 5) is 34.5. The number of imide groups is 1. The minimum Gasteiger partial charge on any atom is -0.369 e. The molecule has 166 valence electrons. The van der Waals surface area contributed by atoms with Crippen LogP contribution in [0, 0.1) is 23.4 Å². The summed E-state index contributed by atoms with van der Waals surface area (Å²) in [5.41, 5.74) is 7.63. The highest BCUT2D eigenvalue weighted by molar-refractivity contribution is 6.13. The van der Waals surface area contributed by atoms with Crippen LogP contribution in [0.3, 0.4) is 0 Å². The molecule has 5 rings (SSSR count). The minimum atomic E-state index is -0.951. The Balaban J connectivity index is 0.000000207. The van der Waals surface area contributed by atoms with Crippen molar-refractivity contribution in [1.29, 1.82) is 0 Å². The molecular formula is C23H20F3N3O3. The summed E-state index contributed by atoms with van der Waals surface area (Å²) in [6.07, 6.45) is 3.05. The molecule has 1 aliphatic heterocycles. The van der Waals surface area contributed by atoms with E-state index in [9.17, 15) is 27.6 Å². The summed E-state index contributed by atoms with van der Waals surface area (Å²) < 4.78 is 40.8. The molecule has 32 heavy (non-hydrogen) atoms. The molecule has 2 fully saturated rings. The highest BCUT2D eigenvalue weighted by Crippen LogP contribution is 2.45. The fraction of sp³-hybridized carbons (Fsp3) is 0.261. The quantitative estimate of drug-likeness (QED) is 0.425. The van der Waals surface area contributed by atoms with Crippen molar-refractivity contribution >= 4 is 28.6 Å². The Kier molecular flexibility index (Phi) is 5.73. The maximum absolute atomic E-state index is 14.1. The van der Waals surface area contributed by atoms with Gasteiger partial charge in [0.2, 0.25) is 17.7 Å². The number of primary amides is 1. The van der Waals surface area contributed by atoms with Crippen molar-refractivity contribution in [1.82, 2.24) is 10.3 Å². The molecule has 9 heteroatoms. The van der Waals surface area contributed by atoms with Gasteiger partial charge in [-0.15, -0.1) is 0 Å². The van der Waals surface area contributed by atoms with Crippen molar-refractivity contribution in [3.63, 3.8) is 0 Å². The zero-order valence-corrected chi connectivity index (χ0v) is 16.9. The van der Waals surface area contributed by atoms with Gasteiger partial charge in [-0.3, -0.25) is 19.7 Å². The van der Waals surface area contributed by atoms with Crippen LogP contribution >= 0.6 is 0 Å². The Morgan fingerprint density at radius 3 is 2.19 bits per heavy atom. The Hall–Kier alpha value is -3.62. The SMILES string of the molecule is Fc1ccc(-c2[nH]c3c(F)cc(F)cc3c2C2CCC2)cc1.NC(=O)C1CC(=O)NC1=O. The second kappa shape index (κ2) is 8.49. The van der Waals surface area contributed by atoms with Crippen LogP contribution in [0.5, 0.6) is 0 Å². The number of hydrogen-bond acceptors (Lipinski definition) is 3. The van der Waals surface area contributed by atoms with E-state index in [2.05, 4.69) is 4.98 Å². The fourth-order valence-electron chi connectivity index (χ4n) is 3.99. The van der Waals surface area contributed by atoms with Crippen LogP contribution < -0.4 is 11.1 Å². The Morgan fingerprint density at radius 1 is 1.00 bits per heavy atom. The number of rotatable bonds is 3. The van der Waals surface area contributed by atoms with Crippen LogP contribution in [0.4, 0.5) is 13.2 Å². The number of aromatic amines is 1. The van der Waals surface area contributed by atoms with Crippen LogP contribution in [0.1, 0.15) is 37.2 Å². The Morgan fingerprint density at radius 2 is 1.69 bits per heavy atom. The van der Waals surface area contributed by atoms with Gasteiger partial charge in [-0.25, -0.2) is 13.2 Å². The van der Waals surface area contributed by atoms with Gasteiger partial charge < -0.3 is 10.7 Å². The lowest BCUT2D eigenvalue weighted by molar-refractivity contribution is -0.131. The molecule has 0 bridgehead atoms. The van der Waals surface area contributed by atoms with E-state index in [1.54, 1.807) is 12.1 Å². The predicted octanol–water partition coefficient (Wildman–Crippen LogP) is 3.65. The molecule has 2 aromatic carbocycles. The Labute approximate surface area is 181 Å². The van der Waals surface area contributed by atoms with Crippen LogP contribution in [0.2, 0.25) is 0 Å². The molecular weight excluding hydrogens is 423 g/mol. The first kappa shape index (κ1) is 21.6. The number of H-pyrrole nitrogens is 1. The standard InChI is InChI=1S/C18H14F3N.C5H6N2O3/c19-12-6-4-11(5-7-12)17-16(10-2-1-3-10)14-8-13(20)9-15(21)18(14)22-17;6-4(9)2-1-3(8)7-5(2)10/h4-10,22H,1-3H2;2H,1H2,(H2,6,9)(H,7,8,10). The van der Waals surface area contributed by atoms with E-state index in [1.807, 2.05) is 5.32 Å². The molecule has 1 aliphatic carbocycles. The predicted molar refractivity (Wildman–Crippen MR) is 111 cm³/mol. The lowest BCUT2D eigenvalue weighted by Crippen LogP contribution is -2.30. The van der Waals surface area contributed by atoms with Crippen molar-refractivity contribution in [3.05, 3.63) is 59.4 Å². The third kappa shape index (κ3) is 4.10. The third-order valence-electron chi connectivity index (χ3n) is 5.82. The molecule has 3 aromatic rings. The molecule has 6 nitrogen and oxygen atoms in total. The van der Waals surface area contributed by atoms with Gasteiger partial charge >= 0.3 is 0 Å². The first-order chi connectivity index (χ1) is 15.2. The normalized spacial score (nSPS) is 18.2. The van der Waals surface area contributed by atoms with E-state index < -0.39 is 35.3 Å². The van der Waals surface area contributed by atoms with Gasteiger partial charge in [-0.05, 0) is 60.2 Å². The van der Waals surface area contributed by atoms with Crippen LogP contribution in [-0.4, -0.2) is 22.7 Å². The highest BCUT2D eigenvalue weighted by Gasteiger charge is 2.34. The van der Waals surface area contributed by atoms with E-state index in [0.717, 1.165) is 42.1 Å². The van der Waals surface area contributed by atoms with Crippen LogP contribution in [0.25, 0.3) is 22.2 Å². The molecule has 1 aromatic heterocycles. The van der Waals surface area contributed by atoms with Gasteiger partial charge in [-0.1, -0.05) is 6.42 Å². The van der Waals surface area contributed by atoms with Crippen molar-refractivity contribution in [2.75, 3.05) is 0 Å². The molecule has 0 radical (unpaired) electrons. The zero-order chi connectivity index (χ0) is 23.0. The lowest BCUT2D eigenvalue weighted by atomic mass is 9.78. The molecule has 2 aliphatic rings. The number of hydrogen-bond donors (Lipinski definition) is 3. The van der Waals surface area contributed by atoms with E-state index in [0.29, 0.717) is 16.8 Å². The first-order valence-electron chi connectivity index (χ1n) is 10.1. The molecule has 0 spiro atoms.